The molecule has 0 bridgehead atoms. The van der Waals surface area contributed by atoms with Crippen molar-refractivity contribution < 1.29 is 4.74 Å². The van der Waals surface area contributed by atoms with E-state index in [1.165, 1.54) is 35.7 Å². The van der Waals surface area contributed by atoms with Crippen molar-refractivity contribution in [1.29, 1.82) is 0 Å². The SMILES string of the molecule is CN=C(NCC(c1cccs1)N1CCCC1)NCC(c1cccs1)N1CCOCC1. The van der Waals surface area contributed by atoms with E-state index in [0.717, 1.165) is 45.4 Å². The Morgan fingerprint density at radius 2 is 1.47 bits per heavy atom. The zero-order chi connectivity index (χ0) is 20.6. The molecule has 0 aromatic carbocycles. The topological polar surface area (TPSA) is 52.1 Å². The molecule has 0 aliphatic carbocycles. The second-order valence-electron chi connectivity index (χ2n) is 7.79. The van der Waals surface area contributed by atoms with Crippen LogP contribution in [0.5, 0.6) is 0 Å². The van der Waals surface area contributed by atoms with Crippen LogP contribution in [0.3, 0.4) is 0 Å². The Morgan fingerprint density at radius 1 is 0.933 bits per heavy atom. The lowest BCUT2D eigenvalue weighted by molar-refractivity contribution is 0.0177. The number of thiophene rings is 2. The molecule has 4 heterocycles. The summed E-state index contributed by atoms with van der Waals surface area (Å²) in [7, 11) is 1.86. The highest BCUT2D eigenvalue weighted by molar-refractivity contribution is 7.10. The third-order valence-corrected chi connectivity index (χ3v) is 7.91. The Morgan fingerprint density at radius 3 is 1.93 bits per heavy atom. The monoisotopic (exact) mass is 447 g/mol. The molecule has 4 rings (SSSR count). The number of ether oxygens (including phenoxy) is 1. The van der Waals surface area contributed by atoms with Gasteiger partial charge in [-0.05, 0) is 48.8 Å². The van der Waals surface area contributed by atoms with Gasteiger partial charge in [0, 0.05) is 43.0 Å². The van der Waals surface area contributed by atoms with E-state index in [4.69, 9.17) is 4.74 Å². The first-order valence-corrected chi connectivity index (χ1v) is 12.7. The molecule has 8 heteroatoms. The molecule has 2 aromatic heterocycles. The van der Waals surface area contributed by atoms with Crippen LogP contribution in [0.2, 0.25) is 0 Å². The van der Waals surface area contributed by atoms with Gasteiger partial charge in [-0.15, -0.1) is 22.7 Å². The van der Waals surface area contributed by atoms with E-state index in [2.05, 4.69) is 60.5 Å². The average molecular weight is 448 g/mol. The number of guanidine groups is 1. The standard InChI is InChI=1S/C22H33N5OS2/c1-23-22(24-16-18(20-6-4-14-29-20)26-8-2-3-9-26)25-17-19(21-7-5-15-30-21)27-10-12-28-13-11-27/h4-7,14-15,18-19H,2-3,8-13,16-17H2,1H3,(H2,23,24,25). The molecule has 0 spiro atoms. The van der Waals surface area contributed by atoms with E-state index < -0.39 is 0 Å². The predicted octanol–water partition coefficient (Wildman–Crippen LogP) is 3.19. The highest BCUT2D eigenvalue weighted by atomic mass is 32.1. The molecule has 2 unspecified atom stereocenters. The minimum atomic E-state index is 0.346. The van der Waals surface area contributed by atoms with Crippen molar-refractivity contribution in [1.82, 2.24) is 20.4 Å². The van der Waals surface area contributed by atoms with Gasteiger partial charge in [-0.2, -0.15) is 0 Å². The van der Waals surface area contributed by atoms with E-state index in [9.17, 15) is 0 Å². The lowest BCUT2D eigenvalue weighted by Crippen LogP contribution is -2.47. The molecule has 30 heavy (non-hydrogen) atoms. The maximum Gasteiger partial charge on any atom is 0.191 e. The molecule has 2 fully saturated rings. The van der Waals surface area contributed by atoms with Crippen molar-refractivity contribution in [2.24, 2.45) is 4.99 Å². The third-order valence-electron chi connectivity index (χ3n) is 5.96. The second kappa shape index (κ2) is 11.2. The lowest BCUT2D eigenvalue weighted by Gasteiger charge is -2.34. The van der Waals surface area contributed by atoms with Crippen LogP contribution < -0.4 is 10.6 Å². The molecule has 0 radical (unpaired) electrons. The van der Waals surface area contributed by atoms with Crippen molar-refractivity contribution in [3.8, 4) is 0 Å². The van der Waals surface area contributed by atoms with Crippen LogP contribution >= 0.6 is 22.7 Å². The molecular formula is C22H33N5OS2. The third kappa shape index (κ3) is 5.62. The summed E-state index contributed by atoms with van der Waals surface area (Å²) in [5.41, 5.74) is 0. The number of hydrogen-bond donors (Lipinski definition) is 2. The van der Waals surface area contributed by atoms with Gasteiger partial charge in [-0.25, -0.2) is 0 Å². The number of likely N-dealkylation sites (tertiary alicyclic amines) is 1. The largest absolute Gasteiger partial charge is 0.379 e. The first-order chi connectivity index (χ1) is 14.8. The van der Waals surface area contributed by atoms with Crippen molar-refractivity contribution in [2.75, 3.05) is 59.5 Å². The highest BCUT2D eigenvalue weighted by Gasteiger charge is 2.26. The Bertz CT molecular complexity index is 753. The summed E-state index contributed by atoms with van der Waals surface area (Å²) in [5.74, 6) is 0.880. The summed E-state index contributed by atoms with van der Waals surface area (Å²) in [4.78, 5) is 12.5. The number of rotatable bonds is 8. The van der Waals surface area contributed by atoms with Crippen molar-refractivity contribution >= 4 is 28.6 Å². The van der Waals surface area contributed by atoms with Crippen LogP contribution in [0.1, 0.15) is 34.7 Å². The predicted molar refractivity (Wildman–Crippen MR) is 127 cm³/mol. The molecule has 2 saturated heterocycles. The molecule has 2 aromatic rings. The van der Waals surface area contributed by atoms with Gasteiger partial charge in [0.1, 0.15) is 0 Å². The van der Waals surface area contributed by atoms with E-state index >= 15 is 0 Å². The molecule has 0 saturated carbocycles. The van der Waals surface area contributed by atoms with Gasteiger partial charge in [0.05, 0.1) is 25.3 Å². The summed E-state index contributed by atoms with van der Waals surface area (Å²) in [5, 5.41) is 11.5. The maximum absolute atomic E-state index is 5.56. The smallest absolute Gasteiger partial charge is 0.191 e. The Labute approximate surface area is 187 Å². The van der Waals surface area contributed by atoms with Gasteiger partial charge < -0.3 is 15.4 Å². The Hall–Kier alpha value is -1.45. The van der Waals surface area contributed by atoms with Crippen LogP contribution in [0.4, 0.5) is 0 Å². The molecule has 2 atom stereocenters. The average Bonchev–Trinajstić information content (AvgIpc) is 3.57. The van der Waals surface area contributed by atoms with Crippen molar-refractivity contribution in [3.63, 3.8) is 0 Å². The van der Waals surface area contributed by atoms with E-state index in [-0.39, 0.29) is 0 Å². The van der Waals surface area contributed by atoms with Crippen LogP contribution in [-0.4, -0.2) is 75.3 Å². The summed E-state index contributed by atoms with van der Waals surface area (Å²) >= 11 is 3.68. The zero-order valence-corrected chi connectivity index (χ0v) is 19.4. The van der Waals surface area contributed by atoms with Crippen LogP contribution in [0.25, 0.3) is 0 Å². The molecule has 2 aliphatic rings. The minimum absolute atomic E-state index is 0.346. The summed E-state index contributed by atoms with van der Waals surface area (Å²) in [6, 6.07) is 9.56. The number of hydrogen-bond acceptors (Lipinski definition) is 6. The summed E-state index contributed by atoms with van der Waals surface area (Å²) in [6.45, 7) is 7.67. The van der Waals surface area contributed by atoms with E-state index in [0.29, 0.717) is 12.1 Å². The first-order valence-electron chi connectivity index (χ1n) is 10.9. The molecule has 0 amide bonds. The normalized spacial score (nSPS) is 20.9. The highest BCUT2D eigenvalue weighted by Crippen LogP contribution is 2.28. The Kier molecular flexibility index (Phi) is 8.16. The fourth-order valence-corrected chi connectivity index (χ4v) is 6.05. The van der Waals surface area contributed by atoms with Crippen LogP contribution in [-0.2, 0) is 4.74 Å². The molecule has 6 nitrogen and oxygen atoms in total. The van der Waals surface area contributed by atoms with Gasteiger partial charge in [-0.1, -0.05) is 12.1 Å². The minimum Gasteiger partial charge on any atom is -0.379 e. The molecule has 164 valence electrons. The number of nitrogens with one attached hydrogen (secondary N) is 2. The van der Waals surface area contributed by atoms with Gasteiger partial charge in [0.2, 0.25) is 0 Å². The second-order valence-corrected chi connectivity index (χ2v) is 9.75. The molecule has 2 aliphatic heterocycles. The summed E-state index contributed by atoms with van der Waals surface area (Å²) in [6.07, 6.45) is 2.60. The maximum atomic E-state index is 5.56. The van der Waals surface area contributed by atoms with Gasteiger partial charge in [0.25, 0.3) is 0 Å². The summed E-state index contributed by atoms with van der Waals surface area (Å²) < 4.78 is 5.56. The van der Waals surface area contributed by atoms with Gasteiger partial charge in [0.15, 0.2) is 5.96 Å². The fourth-order valence-electron chi connectivity index (χ4n) is 4.33. The number of aliphatic imine (C=N–C) groups is 1. The van der Waals surface area contributed by atoms with Crippen molar-refractivity contribution in [3.05, 3.63) is 44.8 Å². The van der Waals surface area contributed by atoms with E-state index in [1.54, 1.807) is 0 Å². The fraction of sp³-hybridized carbons (Fsp3) is 0.591. The Balaban J connectivity index is 1.36. The lowest BCUT2D eigenvalue weighted by atomic mass is 10.2. The van der Waals surface area contributed by atoms with E-state index in [1.807, 2.05) is 29.7 Å². The zero-order valence-electron chi connectivity index (χ0n) is 17.8. The van der Waals surface area contributed by atoms with Crippen LogP contribution in [0.15, 0.2) is 40.0 Å². The van der Waals surface area contributed by atoms with Gasteiger partial charge >= 0.3 is 0 Å². The first kappa shape index (κ1) is 21.8. The quantitative estimate of drug-likeness (QED) is 0.481. The van der Waals surface area contributed by atoms with Gasteiger partial charge in [-0.3, -0.25) is 14.8 Å². The molecular weight excluding hydrogens is 414 g/mol. The molecule has 2 N–H and O–H groups in total. The number of morpholine rings is 1. The van der Waals surface area contributed by atoms with Crippen LogP contribution in [0, 0.1) is 0 Å². The number of nitrogens with zero attached hydrogens (tertiary/aromatic N) is 3. The van der Waals surface area contributed by atoms with Crippen molar-refractivity contribution in [2.45, 2.75) is 24.9 Å².